The standard InChI is InChI=1S/C10H8BrIO2/c1-6-4-8(11)5-7(10(6)12)2-3-9(13)14/h2-5H,1H3,(H,13,14)/b3-2+. The monoisotopic (exact) mass is 366 g/mol. The number of hydrogen-bond donors (Lipinski definition) is 1. The van der Waals surface area contributed by atoms with Crippen LogP contribution in [-0.2, 0) is 4.79 Å². The van der Waals surface area contributed by atoms with Crippen molar-refractivity contribution >= 4 is 50.6 Å². The second kappa shape index (κ2) is 4.93. The van der Waals surface area contributed by atoms with Crippen molar-refractivity contribution in [1.82, 2.24) is 0 Å². The van der Waals surface area contributed by atoms with Crippen molar-refractivity contribution in [2.24, 2.45) is 0 Å². The van der Waals surface area contributed by atoms with E-state index in [-0.39, 0.29) is 0 Å². The fourth-order valence-electron chi connectivity index (χ4n) is 1.03. The zero-order chi connectivity index (χ0) is 10.7. The molecule has 0 aliphatic heterocycles. The molecule has 1 aromatic carbocycles. The van der Waals surface area contributed by atoms with Gasteiger partial charge in [0, 0.05) is 14.1 Å². The molecule has 0 unspecified atom stereocenters. The van der Waals surface area contributed by atoms with Crippen molar-refractivity contribution in [3.05, 3.63) is 37.4 Å². The van der Waals surface area contributed by atoms with E-state index in [0.717, 1.165) is 25.2 Å². The molecule has 0 heterocycles. The van der Waals surface area contributed by atoms with Crippen LogP contribution in [-0.4, -0.2) is 11.1 Å². The Morgan fingerprint density at radius 3 is 2.79 bits per heavy atom. The molecule has 4 heteroatoms. The Kier molecular flexibility index (Phi) is 4.12. The number of rotatable bonds is 2. The Balaban J connectivity index is 3.14. The number of carboxylic acid groups (broad SMARTS) is 1. The van der Waals surface area contributed by atoms with E-state index in [4.69, 9.17) is 5.11 Å². The molecule has 0 saturated heterocycles. The highest BCUT2D eigenvalue weighted by Gasteiger charge is 2.02. The second-order valence-corrected chi connectivity index (χ2v) is 4.79. The molecule has 1 aromatic rings. The molecule has 0 aliphatic carbocycles. The highest BCUT2D eigenvalue weighted by atomic mass is 127. The van der Waals surface area contributed by atoms with E-state index >= 15 is 0 Å². The van der Waals surface area contributed by atoms with Gasteiger partial charge in [0.05, 0.1) is 0 Å². The van der Waals surface area contributed by atoms with Gasteiger partial charge >= 0.3 is 5.97 Å². The molecular formula is C10H8BrIO2. The Hall–Kier alpha value is -0.360. The van der Waals surface area contributed by atoms with Crippen LogP contribution in [0, 0.1) is 10.5 Å². The van der Waals surface area contributed by atoms with Gasteiger partial charge < -0.3 is 5.11 Å². The average Bonchev–Trinajstić information content (AvgIpc) is 2.08. The van der Waals surface area contributed by atoms with E-state index in [1.165, 1.54) is 0 Å². The van der Waals surface area contributed by atoms with Gasteiger partial charge in [-0.05, 0) is 58.9 Å². The highest BCUT2D eigenvalue weighted by Crippen LogP contribution is 2.23. The van der Waals surface area contributed by atoms with Gasteiger partial charge in [-0.2, -0.15) is 0 Å². The van der Waals surface area contributed by atoms with Gasteiger partial charge in [-0.15, -0.1) is 0 Å². The van der Waals surface area contributed by atoms with Gasteiger partial charge in [-0.1, -0.05) is 15.9 Å². The first-order valence-electron chi connectivity index (χ1n) is 3.87. The zero-order valence-electron chi connectivity index (χ0n) is 7.42. The van der Waals surface area contributed by atoms with E-state index in [0.29, 0.717) is 0 Å². The van der Waals surface area contributed by atoms with Crippen LogP contribution in [0.1, 0.15) is 11.1 Å². The molecular weight excluding hydrogens is 359 g/mol. The van der Waals surface area contributed by atoms with Gasteiger partial charge in [-0.25, -0.2) is 4.79 Å². The smallest absolute Gasteiger partial charge is 0.328 e. The first-order chi connectivity index (χ1) is 6.50. The summed E-state index contributed by atoms with van der Waals surface area (Å²) >= 11 is 5.57. The summed E-state index contributed by atoms with van der Waals surface area (Å²) in [6, 6.07) is 3.90. The summed E-state index contributed by atoms with van der Waals surface area (Å²) in [6.45, 7) is 1.99. The Bertz CT molecular complexity index is 399. The van der Waals surface area contributed by atoms with E-state index in [9.17, 15) is 4.79 Å². The van der Waals surface area contributed by atoms with Crippen LogP contribution in [0.4, 0.5) is 0 Å². The molecule has 74 valence electrons. The number of halogens is 2. The number of benzene rings is 1. The molecule has 0 saturated carbocycles. The third kappa shape index (κ3) is 3.09. The number of hydrogen-bond acceptors (Lipinski definition) is 1. The predicted molar refractivity (Wildman–Crippen MR) is 68.3 cm³/mol. The molecule has 0 aliphatic rings. The predicted octanol–water partition coefficient (Wildman–Crippen LogP) is 3.46. The first-order valence-corrected chi connectivity index (χ1v) is 5.74. The van der Waals surface area contributed by atoms with Crippen LogP contribution in [0.2, 0.25) is 0 Å². The fourth-order valence-corrected chi connectivity index (χ4v) is 2.11. The van der Waals surface area contributed by atoms with Gasteiger partial charge in [0.25, 0.3) is 0 Å². The molecule has 0 radical (unpaired) electrons. The third-order valence-corrected chi connectivity index (χ3v) is 3.58. The van der Waals surface area contributed by atoms with Crippen LogP contribution in [0.15, 0.2) is 22.7 Å². The molecule has 0 atom stereocenters. The summed E-state index contributed by atoms with van der Waals surface area (Å²) in [5, 5.41) is 8.50. The summed E-state index contributed by atoms with van der Waals surface area (Å²) in [5.41, 5.74) is 2.05. The molecule has 14 heavy (non-hydrogen) atoms. The molecule has 0 spiro atoms. The minimum absolute atomic E-state index is 0.917. The fraction of sp³-hybridized carbons (Fsp3) is 0.100. The van der Waals surface area contributed by atoms with Crippen molar-refractivity contribution < 1.29 is 9.90 Å². The molecule has 1 rings (SSSR count). The minimum Gasteiger partial charge on any atom is -0.478 e. The summed E-state index contributed by atoms with van der Waals surface area (Å²) in [5.74, 6) is -0.932. The number of aryl methyl sites for hydroxylation is 1. The zero-order valence-corrected chi connectivity index (χ0v) is 11.2. The molecule has 1 N–H and O–H groups in total. The quantitative estimate of drug-likeness (QED) is 0.642. The summed E-state index contributed by atoms with van der Waals surface area (Å²) < 4.78 is 2.03. The molecule has 2 nitrogen and oxygen atoms in total. The van der Waals surface area contributed by atoms with Crippen LogP contribution >= 0.6 is 38.5 Å². The highest BCUT2D eigenvalue weighted by molar-refractivity contribution is 14.1. The lowest BCUT2D eigenvalue weighted by Gasteiger charge is -2.03. The van der Waals surface area contributed by atoms with Crippen molar-refractivity contribution in [3.8, 4) is 0 Å². The molecule has 0 bridgehead atoms. The Labute approximate surface area is 104 Å². The Morgan fingerprint density at radius 2 is 2.21 bits per heavy atom. The molecule has 0 amide bonds. The van der Waals surface area contributed by atoms with Crippen LogP contribution in [0.5, 0.6) is 0 Å². The lowest BCUT2D eigenvalue weighted by molar-refractivity contribution is -0.131. The lowest BCUT2D eigenvalue weighted by Crippen LogP contribution is -1.89. The van der Waals surface area contributed by atoms with E-state index < -0.39 is 5.97 Å². The average molecular weight is 367 g/mol. The number of aliphatic carboxylic acids is 1. The topological polar surface area (TPSA) is 37.3 Å². The largest absolute Gasteiger partial charge is 0.478 e. The van der Waals surface area contributed by atoms with Gasteiger partial charge in [-0.3, -0.25) is 0 Å². The third-order valence-electron chi connectivity index (χ3n) is 1.65. The van der Waals surface area contributed by atoms with Crippen LogP contribution < -0.4 is 0 Å². The van der Waals surface area contributed by atoms with Gasteiger partial charge in [0.2, 0.25) is 0 Å². The maximum absolute atomic E-state index is 10.4. The maximum Gasteiger partial charge on any atom is 0.328 e. The van der Waals surface area contributed by atoms with Crippen LogP contribution in [0.3, 0.4) is 0 Å². The first kappa shape index (κ1) is 11.7. The van der Waals surface area contributed by atoms with Crippen molar-refractivity contribution in [2.45, 2.75) is 6.92 Å². The summed E-state index contributed by atoms with van der Waals surface area (Å²) in [7, 11) is 0. The second-order valence-electron chi connectivity index (χ2n) is 2.80. The van der Waals surface area contributed by atoms with Gasteiger partial charge in [0.1, 0.15) is 0 Å². The Morgan fingerprint density at radius 1 is 1.57 bits per heavy atom. The van der Waals surface area contributed by atoms with E-state index in [1.54, 1.807) is 6.08 Å². The van der Waals surface area contributed by atoms with E-state index in [2.05, 4.69) is 38.5 Å². The summed E-state index contributed by atoms with van der Waals surface area (Å²) in [6.07, 6.45) is 2.74. The SMILES string of the molecule is Cc1cc(Br)cc(/C=C/C(=O)O)c1I. The number of carbonyl (C=O) groups is 1. The van der Waals surface area contributed by atoms with Crippen molar-refractivity contribution in [2.75, 3.05) is 0 Å². The molecule has 0 aromatic heterocycles. The minimum atomic E-state index is -0.932. The molecule has 0 fully saturated rings. The summed E-state index contributed by atoms with van der Waals surface area (Å²) in [4.78, 5) is 10.4. The van der Waals surface area contributed by atoms with Crippen molar-refractivity contribution in [3.63, 3.8) is 0 Å². The van der Waals surface area contributed by atoms with Gasteiger partial charge in [0.15, 0.2) is 0 Å². The van der Waals surface area contributed by atoms with E-state index in [1.807, 2.05) is 19.1 Å². The van der Waals surface area contributed by atoms with Crippen molar-refractivity contribution in [1.29, 1.82) is 0 Å². The normalized spacial score (nSPS) is 10.8. The maximum atomic E-state index is 10.4. The lowest BCUT2D eigenvalue weighted by atomic mass is 10.1. The number of carboxylic acids is 1. The van der Waals surface area contributed by atoms with Crippen LogP contribution in [0.25, 0.3) is 6.08 Å².